The van der Waals surface area contributed by atoms with Gasteiger partial charge >= 0.3 is 0 Å². The second kappa shape index (κ2) is 7.67. The summed E-state index contributed by atoms with van der Waals surface area (Å²) in [6, 6.07) is 0. The maximum atomic E-state index is 5.67. The Morgan fingerprint density at radius 2 is 1.95 bits per heavy atom. The summed E-state index contributed by atoms with van der Waals surface area (Å²) in [6.07, 6.45) is 3.09. The van der Waals surface area contributed by atoms with Crippen LogP contribution in [-0.4, -0.2) is 36.4 Å². The molecule has 22 heavy (non-hydrogen) atoms. The van der Waals surface area contributed by atoms with Crippen molar-refractivity contribution in [2.24, 2.45) is 0 Å². The van der Waals surface area contributed by atoms with Gasteiger partial charge < -0.3 is 9.30 Å². The molecule has 0 aliphatic heterocycles. The molecular formula is C15H25N5OS. The van der Waals surface area contributed by atoms with Gasteiger partial charge in [-0.3, -0.25) is 4.68 Å². The normalized spacial score (nSPS) is 12.6. The molecule has 0 aliphatic carbocycles. The van der Waals surface area contributed by atoms with Crippen LogP contribution in [0, 0.1) is 0 Å². The summed E-state index contributed by atoms with van der Waals surface area (Å²) in [5.41, 5.74) is 0.911. The van der Waals surface area contributed by atoms with E-state index in [1.165, 1.54) is 0 Å². The van der Waals surface area contributed by atoms with Crippen LogP contribution in [0.15, 0.2) is 11.4 Å². The van der Waals surface area contributed by atoms with Crippen molar-refractivity contribution in [1.29, 1.82) is 0 Å². The Kier molecular flexibility index (Phi) is 5.88. The first-order valence-electron chi connectivity index (χ1n) is 7.94. The lowest BCUT2D eigenvalue weighted by molar-refractivity contribution is 0.322. The minimum absolute atomic E-state index is 0.520. The molecule has 0 saturated carbocycles. The SMILES string of the molecule is CCOc1nn(CC)cc1-c1nnc(SC(C)CC)n1CC. The molecule has 2 rings (SSSR count). The van der Waals surface area contributed by atoms with Crippen LogP contribution >= 0.6 is 11.8 Å². The number of aryl methyl sites for hydroxylation is 1. The lowest BCUT2D eigenvalue weighted by atomic mass is 10.3. The quantitative estimate of drug-likeness (QED) is 0.696. The summed E-state index contributed by atoms with van der Waals surface area (Å²) in [6.45, 7) is 12.7. The van der Waals surface area contributed by atoms with Crippen LogP contribution in [0.1, 0.15) is 41.0 Å². The first-order valence-corrected chi connectivity index (χ1v) is 8.82. The molecular weight excluding hydrogens is 298 g/mol. The van der Waals surface area contributed by atoms with Crippen LogP contribution in [0.4, 0.5) is 0 Å². The van der Waals surface area contributed by atoms with Gasteiger partial charge in [0.05, 0.1) is 6.61 Å². The van der Waals surface area contributed by atoms with Crippen molar-refractivity contribution in [3.8, 4) is 17.3 Å². The molecule has 0 aliphatic rings. The Hall–Kier alpha value is -1.50. The molecule has 0 N–H and O–H groups in total. The second-order valence-electron chi connectivity index (χ2n) is 5.02. The summed E-state index contributed by atoms with van der Waals surface area (Å²) >= 11 is 1.76. The van der Waals surface area contributed by atoms with Crippen LogP contribution in [0.5, 0.6) is 5.88 Å². The van der Waals surface area contributed by atoms with Gasteiger partial charge in [0.15, 0.2) is 11.0 Å². The average Bonchev–Trinajstić information content (AvgIpc) is 3.10. The van der Waals surface area contributed by atoms with Crippen molar-refractivity contribution >= 4 is 11.8 Å². The molecule has 2 aromatic rings. The molecule has 0 spiro atoms. The zero-order valence-electron chi connectivity index (χ0n) is 14.0. The van der Waals surface area contributed by atoms with Crippen LogP contribution in [0.25, 0.3) is 11.4 Å². The van der Waals surface area contributed by atoms with Gasteiger partial charge in [-0.1, -0.05) is 25.6 Å². The Bertz CT molecular complexity index is 607. The van der Waals surface area contributed by atoms with Gasteiger partial charge in [-0.15, -0.1) is 15.3 Å². The molecule has 1 unspecified atom stereocenters. The number of hydrogen-bond acceptors (Lipinski definition) is 5. The molecule has 0 aromatic carbocycles. The third-order valence-electron chi connectivity index (χ3n) is 3.49. The average molecular weight is 323 g/mol. The number of nitrogens with zero attached hydrogens (tertiary/aromatic N) is 5. The molecule has 0 amide bonds. The van der Waals surface area contributed by atoms with E-state index in [1.54, 1.807) is 11.8 Å². The predicted molar refractivity (Wildman–Crippen MR) is 89.4 cm³/mol. The van der Waals surface area contributed by atoms with Crippen molar-refractivity contribution in [2.75, 3.05) is 6.61 Å². The van der Waals surface area contributed by atoms with Gasteiger partial charge in [-0.2, -0.15) is 0 Å². The third kappa shape index (κ3) is 3.45. The van der Waals surface area contributed by atoms with E-state index in [0.717, 1.165) is 36.1 Å². The number of aromatic nitrogens is 5. The molecule has 2 heterocycles. The highest BCUT2D eigenvalue weighted by molar-refractivity contribution is 7.99. The predicted octanol–water partition coefficient (Wildman–Crippen LogP) is 3.47. The maximum absolute atomic E-state index is 5.67. The van der Waals surface area contributed by atoms with Crippen molar-refractivity contribution < 1.29 is 4.74 Å². The minimum atomic E-state index is 0.520. The smallest absolute Gasteiger partial charge is 0.243 e. The maximum Gasteiger partial charge on any atom is 0.243 e. The van der Waals surface area contributed by atoms with E-state index in [9.17, 15) is 0 Å². The van der Waals surface area contributed by atoms with Gasteiger partial charge in [0.1, 0.15) is 5.56 Å². The van der Waals surface area contributed by atoms with Gasteiger partial charge in [0.25, 0.3) is 0 Å². The zero-order valence-corrected chi connectivity index (χ0v) is 14.9. The number of ether oxygens (including phenoxy) is 1. The third-order valence-corrected chi connectivity index (χ3v) is 4.74. The highest BCUT2D eigenvalue weighted by atomic mass is 32.2. The molecule has 0 saturated heterocycles. The second-order valence-corrected chi connectivity index (χ2v) is 6.43. The Morgan fingerprint density at radius 1 is 1.18 bits per heavy atom. The summed E-state index contributed by atoms with van der Waals surface area (Å²) in [7, 11) is 0. The fourth-order valence-corrected chi connectivity index (χ4v) is 3.04. The number of rotatable bonds is 8. The first kappa shape index (κ1) is 16.9. The van der Waals surface area contributed by atoms with Crippen LogP contribution in [0.2, 0.25) is 0 Å². The van der Waals surface area contributed by atoms with E-state index in [2.05, 4.69) is 47.6 Å². The molecule has 122 valence electrons. The number of thioether (sulfide) groups is 1. The molecule has 6 nitrogen and oxygen atoms in total. The topological polar surface area (TPSA) is 57.8 Å². The van der Waals surface area contributed by atoms with E-state index in [-0.39, 0.29) is 0 Å². The molecule has 0 fully saturated rings. The molecule has 7 heteroatoms. The summed E-state index contributed by atoms with van der Waals surface area (Å²) < 4.78 is 9.67. The van der Waals surface area contributed by atoms with Crippen molar-refractivity contribution in [3.63, 3.8) is 0 Å². The molecule has 0 radical (unpaired) electrons. The Labute approximate surface area is 136 Å². The van der Waals surface area contributed by atoms with E-state index < -0.39 is 0 Å². The van der Waals surface area contributed by atoms with Crippen LogP contribution in [-0.2, 0) is 13.1 Å². The van der Waals surface area contributed by atoms with E-state index >= 15 is 0 Å². The van der Waals surface area contributed by atoms with Gasteiger partial charge in [-0.25, -0.2) is 0 Å². The van der Waals surface area contributed by atoms with Crippen LogP contribution < -0.4 is 4.74 Å². The lowest BCUT2D eigenvalue weighted by Gasteiger charge is -2.10. The fourth-order valence-electron chi connectivity index (χ4n) is 2.09. The Morgan fingerprint density at radius 3 is 2.55 bits per heavy atom. The van der Waals surface area contributed by atoms with Gasteiger partial charge in [-0.05, 0) is 27.2 Å². The van der Waals surface area contributed by atoms with E-state index in [4.69, 9.17) is 4.74 Å². The largest absolute Gasteiger partial charge is 0.476 e. The monoisotopic (exact) mass is 323 g/mol. The minimum Gasteiger partial charge on any atom is -0.476 e. The number of hydrogen-bond donors (Lipinski definition) is 0. The highest BCUT2D eigenvalue weighted by Crippen LogP contribution is 2.32. The molecule has 2 aromatic heterocycles. The van der Waals surface area contributed by atoms with Crippen molar-refractivity contribution in [2.45, 2.75) is 64.5 Å². The van der Waals surface area contributed by atoms with Gasteiger partial charge in [0, 0.05) is 24.5 Å². The summed E-state index contributed by atoms with van der Waals surface area (Å²) in [4.78, 5) is 0. The summed E-state index contributed by atoms with van der Waals surface area (Å²) in [5, 5.41) is 14.7. The van der Waals surface area contributed by atoms with Crippen molar-refractivity contribution in [1.82, 2.24) is 24.5 Å². The van der Waals surface area contributed by atoms with E-state index in [1.807, 2.05) is 17.8 Å². The first-order chi connectivity index (χ1) is 10.6. The van der Waals surface area contributed by atoms with Crippen molar-refractivity contribution in [3.05, 3.63) is 6.20 Å². The van der Waals surface area contributed by atoms with Gasteiger partial charge in [0.2, 0.25) is 5.88 Å². The van der Waals surface area contributed by atoms with E-state index in [0.29, 0.717) is 17.7 Å². The Balaban J connectivity index is 2.42. The standard InChI is InChI=1S/C15H25N5OS/c1-6-11(5)22-15-17-16-13(20(15)8-3)12-10-19(7-2)18-14(12)21-9-4/h10-11H,6-9H2,1-5H3. The summed E-state index contributed by atoms with van der Waals surface area (Å²) in [5.74, 6) is 1.46. The van der Waals surface area contributed by atoms with Crippen LogP contribution in [0.3, 0.4) is 0 Å². The fraction of sp³-hybridized carbons (Fsp3) is 0.667. The highest BCUT2D eigenvalue weighted by Gasteiger charge is 2.21. The molecule has 0 bridgehead atoms. The zero-order chi connectivity index (χ0) is 16.1. The molecule has 1 atom stereocenters. The lowest BCUT2D eigenvalue weighted by Crippen LogP contribution is -2.03.